The van der Waals surface area contributed by atoms with E-state index in [0.29, 0.717) is 35.3 Å². The topological polar surface area (TPSA) is 48.0 Å². The van der Waals surface area contributed by atoms with Gasteiger partial charge in [-0.1, -0.05) is 25.1 Å². The summed E-state index contributed by atoms with van der Waals surface area (Å²) in [5.41, 5.74) is 2.69. The molecular formula is C20H23NO4. The fourth-order valence-electron chi connectivity index (χ4n) is 3.32. The third-order valence-electron chi connectivity index (χ3n) is 4.70. The average molecular weight is 341 g/mol. The van der Waals surface area contributed by atoms with Crippen molar-refractivity contribution in [2.75, 3.05) is 32.8 Å². The van der Waals surface area contributed by atoms with Crippen molar-refractivity contribution >= 4 is 11.6 Å². The lowest BCUT2D eigenvalue weighted by Crippen LogP contribution is -2.36. The maximum atomic E-state index is 13.2. The molecule has 132 valence electrons. The van der Waals surface area contributed by atoms with Crippen molar-refractivity contribution < 1.29 is 19.0 Å². The summed E-state index contributed by atoms with van der Waals surface area (Å²) in [5, 5.41) is 0. The van der Waals surface area contributed by atoms with Crippen molar-refractivity contribution in [3.8, 4) is 17.2 Å². The van der Waals surface area contributed by atoms with Gasteiger partial charge in [-0.25, -0.2) is 0 Å². The van der Waals surface area contributed by atoms with Crippen LogP contribution in [0.4, 0.5) is 5.69 Å². The molecule has 0 saturated carbocycles. The first-order chi connectivity index (χ1) is 12.1. The van der Waals surface area contributed by atoms with Crippen LogP contribution in [0.25, 0.3) is 0 Å². The number of carbonyl (C=O) groups is 1. The van der Waals surface area contributed by atoms with Crippen LogP contribution in [-0.2, 0) is 0 Å². The zero-order valence-electron chi connectivity index (χ0n) is 15.0. The summed E-state index contributed by atoms with van der Waals surface area (Å²) in [6, 6.07) is 11.5. The lowest BCUT2D eigenvalue weighted by atomic mass is 9.91. The first kappa shape index (κ1) is 17.1. The molecule has 2 aromatic rings. The Morgan fingerprint density at radius 3 is 2.28 bits per heavy atom. The van der Waals surface area contributed by atoms with Crippen molar-refractivity contribution in [3.05, 3.63) is 47.5 Å². The van der Waals surface area contributed by atoms with Crippen LogP contribution in [0.3, 0.4) is 0 Å². The third kappa shape index (κ3) is 3.02. The Balaban J connectivity index is 2.03. The molecule has 0 saturated heterocycles. The monoisotopic (exact) mass is 341 g/mol. The highest BCUT2D eigenvalue weighted by molar-refractivity contribution is 6.07. The van der Waals surface area contributed by atoms with Gasteiger partial charge < -0.3 is 19.1 Å². The number of fused-ring (bicyclic) bond motifs is 1. The highest BCUT2D eigenvalue weighted by Gasteiger charge is 2.28. The van der Waals surface area contributed by atoms with Gasteiger partial charge >= 0.3 is 0 Å². The number of hydrogen-bond donors (Lipinski definition) is 0. The Kier molecular flexibility index (Phi) is 4.83. The fraction of sp³-hybridized carbons (Fsp3) is 0.350. The van der Waals surface area contributed by atoms with Gasteiger partial charge in [0.25, 0.3) is 5.91 Å². The van der Waals surface area contributed by atoms with Gasteiger partial charge in [0, 0.05) is 17.8 Å². The predicted octanol–water partition coefficient (Wildman–Crippen LogP) is 3.87. The second-order valence-electron chi connectivity index (χ2n) is 6.12. The van der Waals surface area contributed by atoms with Crippen molar-refractivity contribution in [1.29, 1.82) is 0 Å². The zero-order chi connectivity index (χ0) is 18.0. The van der Waals surface area contributed by atoms with Crippen LogP contribution in [0.5, 0.6) is 17.2 Å². The number of ether oxygens (including phenoxy) is 3. The van der Waals surface area contributed by atoms with Crippen molar-refractivity contribution in [2.24, 2.45) is 0 Å². The van der Waals surface area contributed by atoms with Crippen LogP contribution in [0, 0.1) is 0 Å². The fourth-order valence-corrected chi connectivity index (χ4v) is 3.32. The van der Waals surface area contributed by atoms with Crippen LogP contribution >= 0.6 is 0 Å². The number of nitrogens with zero attached hydrogens (tertiary/aromatic N) is 1. The summed E-state index contributed by atoms with van der Waals surface area (Å²) >= 11 is 0. The summed E-state index contributed by atoms with van der Waals surface area (Å²) in [6.45, 7) is 2.88. The quantitative estimate of drug-likeness (QED) is 0.847. The molecule has 0 spiro atoms. The molecule has 2 aromatic carbocycles. The second kappa shape index (κ2) is 7.05. The maximum absolute atomic E-state index is 13.2. The van der Waals surface area contributed by atoms with E-state index >= 15 is 0 Å². The first-order valence-corrected chi connectivity index (χ1v) is 8.31. The largest absolute Gasteiger partial charge is 0.493 e. The Morgan fingerprint density at radius 2 is 1.68 bits per heavy atom. The molecule has 1 aliphatic heterocycles. The summed E-state index contributed by atoms with van der Waals surface area (Å²) in [7, 11) is 4.64. The van der Waals surface area contributed by atoms with E-state index in [-0.39, 0.29) is 5.91 Å². The highest BCUT2D eigenvalue weighted by atomic mass is 16.5. The number of para-hydroxylation sites is 1. The first-order valence-electron chi connectivity index (χ1n) is 8.31. The van der Waals surface area contributed by atoms with Crippen LogP contribution < -0.4 is 19.1 Å². The van der Waals surface area contributed by atoms with Crippen molar-refractivity contribution in [2.45, 2.75) is 19.3 Å². The maximum Gasteiger partial charge on any atom is 0.258 e. The van der Waals surface area contributed by atoms with E-state index in [0.717, 1.165) is 12.1 Å². The lowest BCUT2D eigenvalue weighted by Gasteiger charge is -2.33. The molecule has 1 amide bonds. The number of amides is 1. The van der Waals surface area contributed by atoms with E-state index in [9.17, 15) is 4.79 Å². The van der Waals surface area contributed by atoms with Gasteiger partial charge in [0.05, 0.1) is 21.3 Å². The zero-order valence-corrected chi connectivity index (χ0v) is 15.0. The van der Waals surface area contributed by atoms with Gasteiger partial charge in [-0.3, -0.25) is 4.79 Å². The number of methoxy groups -OCH3 is 3. The van der Waals surface area contributed by atoms with Crippen LogP contribution in [0.2, 0.25) is 0 Å². The van der Waals surface area contributed by atoms with Crippen molar-refractivity contribution in [3.63, 3.8) is 0 Å². The molecule has 1 unspecified atom stereocenters. The Hall–Kier alpha value is -2.69. The van der Waals surface area contributed by atoms with E-state index in [2.05, 4.69) is 13.0 Å². The minimum absolute atomic E-state index is 0.0707. The Morgan fingerprint density at radius 1 is 1.04 bits per heavy atom. The van der Waals surface area contributed by atoms with Gasteiger partial charge in [0.15, 0.2) is 11.5 Å². The minimum atomic E-state index is -0.0707. The molecule has 0 bridgehead atoms. The number of anilines is 1. The summed E-state index contributed by atoms with van der Waals surface area (Å²) < 4.78 is 16.1. The molecule has 0 radical (unpaired) electrons. The molecule has 0 fully saturated rings. The van der Waals surface area contributed by atoms with Gasteiger partial charge in [0.2, 0.25) is 5.75 Å². The SMILES string of the molecule is COc1cc(C(=O)N2CCC(C)c3ccccc32)cc(OC)c1OC. The van der Waals surface area contributed by atoms with Gasteiger partial charge in [-0.05, 0) is 36.1 Å². The molecule has 1 atom stereocenters. The standard InChI is InChI=1S/C20H23NO4/c1-13-9-10-21(16-8-6-5-7-15(13)16)20(22)14-11-17(23-2)19(25-4)18(12-14)24-3/h5-8,11-13H,9-10H2,1-4H3. The van der Waals surface area contributed by atoms with E-state index in [1.165, 1.54) is 5.56 Å². The molecule has 5 nitrogen and oxygen atoms in total. The number of rotatable bonds is 4. The van der Waals surface area contributed by atoms with Gasteiger partial charge in [-0.2, -0.15) is 0 Å². The Labute approximate surface area is 148 Å². The molecule has 5 heteroatoms. The molecule has 25 heavy (non-hydrogen) atoms. The third-order valence-corrected chi connectivity index (χ3v) is 4.70. The number of carbonyl (C=O) groups excluding carboxylic acids is 1. The van der Waals surface area contributed by atoms with E-state index in [1.54, 1.807) is 33.5 Å². The second-order valence-corrected chi connectivity index (χ2v) is 6.12. The molecule has 0 N–H and O–H groups in total. The van der Waals surface area contributed by atoms with Crippen LogP contribution in [-0.4, -0.2) is 33.8 Å². The highest BCUT2D eigenvalue weighted by Crippen LogP contribution is 2.40. The number of hydrogen-bond acceptors (Lipinski definition) is 4. The van der Waals surface area contributed by atoms with Gasteiger partial charge in [0.1, 0.15) is 0 Å². The van der Waals surface area contributed by atoms with E-state index in [4.69, 9.17) is 14.2 Å². The summed E-state index contributed by atoms with van der Waals surface area (Å²) in [5.74, 6) is 1.81. The normalized spacial score (nSPS) is 16.2. The number of benzene rings is 2. The van der Waals surface area contributed by atoms with E-state index < -0.39 is 0 Å². The predicted molar refractivity (Wildman–Crippen MR) is 97.2 cm³/mol. The summed E-state index contributed by atoms with van der Waals surface area (Å²) in [4.78, 5) is 15.0. The molecule has 1 aliphatic rings. The lowest BCUT2D eigenvalue weighted by molar-refractivity contribution is 0.0983. The molecule has 3 rings (SSSR count). The molecule has 1 heterocycles. The van der Waals surface area contributed by atoms with Crippen LogP contribution in [0.1, 0.15) is 35.2 Å². The van der Waals surface area contributed by atoms with Crippen LogP contribution in [0.15, 0.2) is 36.4 Å². The molecule has 0 aromatic heterocycles. The van der Waals surface area contributed by atoms with Gasteiger partial charge in [-0.15, -0.1) is 0 Å². The summed E-state index contributed by atoms with van der Waals surface area (Å²) in [6.07, 6.45) is 0.938. The van der Waals surface area contributed by atoms with Crippen molar-refractivity contribution in [1.82, 2.24) is 0 Å². The molecule has 0 aliphatic carbocycles. The minimum Gasteiger partial charge on any atom is -0.493 e. The average Bonchev–Trinajstić information content (AvgIpc) is 2.66. The van der Waals surface area contributed by atoms with E-state index in [1.807, 2.05) is 23.1 Å². The molecular weight excluding hydrogens is 318 g/mol. The smallest absolute Gasteiger partial charge is 0.258 e. The Bertz CT molecular complexity index is 762.